The van der Waals surface area contributed by atoms with Gasteiger partial charge in [0.15, 0.2) is 5.13 Å². The summed E-state index contributed by atoms with van der Waals surface area (Å²) >= 11 is 1.05. The molecule has 134 valence electrons. The molecule has 0 saturated heterocycles. The van der Waals surface area contributed by atoms with E-state index in [0.717, 1.165) is 23.5 Å². The Morgan fingerprint density at radius 2 is 1.92 bits per heavy atom. The van der Waals surface area contributed by atoms with Crippen LogP contribution in [0.4, 0.5) is 24.0 Å². The van der Waals surface area contributed by atoms with Gasteiger partial charge in [0.1, 0.15) is 5.75 Å². The summed E-state index contributed by atoms with van der Waals surface area (Å²) in [6, 6.07) is 11.6. The van der Waals surface area contributed by atoms with Crippen LogP contribution in [0.2, 0.25) is 0 Å². The number of hydrogen-bond acceptors (Lipinski definition) is 5. The number of anilines is 2. The molecule has 1 aromatic heterocycles. The Hall–Kier alpha value is -2.87. The summed E-state index contributed by atoms with van der Waals surface area (Å²) in [6.07, 6.45) is -3.04. The van der Waals surface area contributed by atoms with Crippen LogP contribution >= 0.6 is 11.3 Å². The molecule has 0 amide bonds. The van der Waals surface area contributed by atoms with Gasteiger partial charge in [-0.3, -0.25) is 4.79 Å². The van der Waals surface area contributed by atoms with E-state index in [9.17, 15) is 18.0 Å². The minimum Gasteiger partial charge on any atom is -0.496 e. The Morgan fingerprint density at radius 1 is 1.15 bits per heavy atom. The van der Waals surface area contributed by atoms with E-state index in [1.807, 2.05) is 0 Å². The van der Waals surface area contributed by atoms with Crippen LogP contribution in [-0.4, -0.2) is 17.9 Å². The van der Waals surface area contributed by atoms with Crippen molar-refractivity contribution in [2.75, 3.05) is 12.4 Å². The van der Waals surface area contributed by atoms with Crippen LogP contribution in [0.1, 0.15) is 20.8 Å². The van der Waals surface area contributed by atoms with Crippen molar-refractivity contribution in [1.29, 1.82) is 0 Å². The largest absolute Gasteiger partial charge is 0.496 e. The number of thiazole rings is 1. The quantitative estimate of drug-likeness (QED) is 0.624. The Kier molecular flexibility index (Phi) is 4.94. The monoisotopic (exact) mass is 378 g/mol. The van der Waals surface area contributed by atoms with Crippen LogP contribution in [0, 0.1) is 0 Å². The third kappa shape index (κ3) is 3.85. The zero-order valence-electron chi connectivity index (χ0n) is 13.5. The highest BCUT2D eigenvalue weighted by molar-refractivity contribution is 7.17. The number of aromatic nitrogens is 1. The number of halogens is 3. The minimum absolute atomic E-state index is 0.241. The predicted octanol–water partition coefficient (Wildman–Crippen LogP) is 5.15. The van der Waals surface area contributed by atoms with Crippen molar-refractivity contribution < 1.29 is 22.7 Å². The van der Waals surface area contributed by atoms with E-state index >= 15 is 0 Å². The fraction of sp³-hybridized carbons (Fsp3) is 0.111. The SMILES string of the molecule is COc1ccccc1C(=O)c1cnc(Nc2cccc(C(F)(F)F)c2)s1. The molecular weight excluding hydrogens is 365 g/mol. The number of benzene rings is 2. The van der Waals surface area contributed by atoms with Crippen molar-refractivity contribution in [2.24, 2.45) is 0 Å². The van der Waals surface area contributed by atoms with E-state index in [0.29, 0.717) is 21.3 Å². The summed E-state index contributed by atoms with van der Waals surface area (Å²) in [5.41, 5.74) is -0.126. The number of hydrogen-bond donors (Lipinski definition) is 1. The Morgan fingerprint density at radius 3 is 2.65 bits per heavy atom. The molecule has 2 aromatic carbocycles. The highest BCUT2D eigenvalue weighted by Crippen LogP contribution is 2.32. The van der Waals surface area contributed by atoms with Gasteiger partial charge < -0.3 is 10.1 Å². The lowest BCUT2D eigenvalue weighted by Crippen LogP contribution is -2.05. The second kappa shape index (κ2) is 7.17. The minimum atomic E-state index is -4.43. The van der Waals surface area contributed by atoms with Crippen LogP contribution in [0.3, 0.4) is 0 Å². The molecule has 0 spiro atoms. The Bertz CT molecular complexity index is 938. The predicted molar refractivity (Wildman–Crippen MR) is 93.3 cm³/mol. The zero-order chi connectivity index (χ0) is 18.7. The first kappa shape index (κ1) is 17.9. The molecule has 0 aliphatic carbocycles. The van der Waals surface area contributed by atoms with Crippen molar-refractivity contribution in [1.82, 2.24) is 4.98 Å². The molecule has 0 atom stereocenters. The molecule has 8 heteroatoms. The molecule has 1 heterocycles. The van der Waals surface area contributed by atoms with Gasteiger partial charge in [0.2, 0.25) is 5.78 Å². The van der Waals surface area contributed by atoms with Crippen LogP contribution in [0.25, 0.3) is 0 Å². The standard InChI is InChI=1S/C18H13F3N2O2S/c1-25-14-8-3-2-7-13(14)16(24)15-10-22-17(26-15)23-12-6-4-5-11(9-12)18(19,20)21/h2-10H,1H3,(H,22,23). The van der Waals surface area contributed by atoms with Gasteiger partial charge in [-0.2, -0.15) is 13.2 Å². The van der Waals surface area contributed by atoms with E-state index in [1.165, 1.54) is 25.4 Å². The number of ketones is 1. The van der Waals surface area contributed by atoms with Gasteiger partial charge in [0, 0.05) is 5.69 Å². The number of para-hydroxylation sites is 1. The topological polar surface area (TPSA) is 51.2 Å². The molecular formula is C18H13F3N2O2S. The van der Waals surface area contributed by atoms with E-state index < -0.39 is 11.7 Å². The van der Waals surface area contributed by atoms with Crippen LogP contribution in [0.5, 0.6) is 5.75 Å². The number of rotatable bonds is 5. The van der Waals surface area contributed by atoms with Gasteiger partial charge in [-0.05, 0) is 30.3 Å². The number of carbonyl (C=O) groups is 1. The van der Waals surface area contributed by atoms with E-state index in [4.69, 9.17) is 4.74 Å². The number of methoxy groups -OCH3 is 1. The van der Waals surface area contributed by atoms with Gasteiger partial charge in [0.25, 0.3) is 0 Å². The van der Waals surface area contributed by atoms with E-state index in [2.05, 4.69) is 10.3 Å². The molecule has 0 saturated carbocycles. The smallest absolute Gasteiger partial charge is 0.416 e. The van der Waals surface area contributed by atoms with Crippen molar-refractivity contribution in [3.8, 4) is 5.75 Å². The average molecular weight is 378 g/mol. The average Bonchev–Trinajstić information content (AvgIpc) is 3.09. The molecule has 0 unspecified atom stereocenters. The Labute approximate surface area is 151 Å². The molecule has 4 nitrogen and oxygen atoms in total. The zero-order valence-corrected chi connectivity index (χ0v) is 14.3. The summed E-state index contributed by atoms with van der Waals surface area (Å²) in [5.74, 6) is 0.176. The van der Waals surface area contributed by atoms with Crippen LogP contribution < -0.4 is 10.1 Å². The van der Waals surface area contributed by atoms with Crippen LogP contribution in [-0.2, 0) is 6.18 Å². The summed E-state index contributed by atoms with van der Waals surface area (Å²) in [4.78, 5) is 17.0. The lowest BCUT2D eigenvalue weighted by molar-refractivity contribution is -0.137. The number of carbonyl (C=O) groups excluding carboxylic acids is 1. The maximum atomic E-state index is 12.8. The summed E-state index contributed by atoms with van der Waals surface area (Å²) < 4.78 is 43.5. The van der Waals surface area contributed by atoms with Gasteiger partial charge in [-0.25, -0.2) is 4.98 Å². The van der Waals surface area contributed by atoms with E-state index in [-0.39, 0.29) is 11.5 Å². The van der Waals surface area contributed by atoms with Gasteiger partial charge in [-0.1, -0.05) is 29.5 Å². The molecule has 26 heavy (non-hydrogen) atoms. The number of ether oxygens (including phenoxy) is 1. The fourth-order valence-corrected chi connectivity index (χ4v) is 3.09. The summed E-state index contributed by atoms with van der Waals surface area (Å²) in [5, 5.41) is 3.12. The number of nitrogens with zero attached hydrogens (tertiary/aromatic N) is 1. The molecule has 1 N–H and O–H groups in total. The molecule has 3 rings (SSSR count). The van der Waals surface area contributed by atoms with Crippen molar-refractivity contribution in [2.45, 2.75) is 6.18 Å². The highest BCUT2D eigenvalue weighted by Gasteiger charge is 2.30. The lowest BCUT2D eigenvalue weighted by atomic mass is 10.1. The van der Waals surface area contributed by atoms with Crippen molar-refractivity contribution in [3.63, 3.8) is 0 Å². The summed E-state index contributed by atoms with van der Waals surface area (Å²) in [6.45, 7) is 0. The number of nitrogens with one attached hydrogen (secondary N) is 1. The maximum absolute atomic E-state index is 12.8. The molecule has 3 aromatic rings. The van der Waals surface area contributed by atoms with Gasteiger partial charge in [0.05, 0.1) is 29.3 Å². The second-order valence-electron chi connectivity index (χ2n) is 5.26. The first-order valence-electron chi connectivity index (χ1n) is 7.46. The molecule has 0 radical (unpaired) electrons. The first-order chi connectivity index (χ1) is 12.4. The van der Waals surface area contributed by atoms with Crippen molar-refractivity contribution >= 4 is 27.9 Å². The highest BCUT2D eigenvalue weighted by atomic mass is 32.1. The molecule has 0 fully saturated rings. The van der Waals surface area contributed by atoms with Crippen molar-refractivity contribution in [3.05, 3.63) is 70.7 Å². The summed E-state index contributed by atoms with van der Waals surface area (Å²) in [7, 11) is 1.47. The molecule has 0 aliphatic rings. The van der Waals surface area contributed by atoms with Crippen LogP contribution in [0.15, 0.2) is 54.7 Å². The lowest BCUT2D eigenvalue weighted by Gasteiger charge is -2.08. The van der Waals surface area contributed by atoms with Gasteiger partial charge in [-0.15, -0.1) is 0 Å². The van der Waals surface area contributed by atoms with Gasteiger partial charge >= 0.3 is 6.18 Å². The molecule has 0 aliphatic heterocycles. The van der Waals surface area contributed by atoms with E-state index in [1.54, 1.807) is 24.3 Å². The molecule has 0 bridgehead atoms. The third-order valence-corrected chi connectivity index (χ3v) is 4.43. The normalized spacial score (nSPS) is 11.2. The maximum Gasteiger partial charge on any atom is 0.416 e. The second-order valence-corrected chi connectivity index (χ2v) is 6.29. The number of alkyl halides is 3. The third-order valence-electron chi connectivity index (χ3n) is 3.52. The fourth-order valence-electron chi connectivity index (χ4n) is 2.30. The Balaban J connectivity index is 1.81. The first-order valence-corrected chi connectivity index (χ1v) is 8.28.